The van der Waals surface area contributed by atoms with Gasteiger partial charge in [-0.15, -0.1) is 34.2 Å². The first kappa shape index (κ1) is 20.9. The van der Waals surface area contributed by atoms with Crippen LogP contribution in [0.15, 0.2) is 46.4 Å². The van der Waals surface area contributed by atoms with Crippen molar-refractivity contribution in [1.29, 1.82) is 0 Å². The molecule has 0 atom stereocenters. The molecule has 0 unspecified atom stereocenters. The minimum atomic E-state index is 0. The zero-order valence-electron chi connectivity index (χ0n) is 14.0. The van der Waals surface area contributed by atoms with Gasteiger partial charge in [-0.25, -0.2) is 0 Å². The Hall–Kier alpha value is -1.16. The molecule has 24 heavy (non-hydrogen) atoms. The van der Waals surface area contributed by atoms with E-state index in [1.807, 2.05) is 24.7 Å². The molecule has 8 heteroatoms. The molecule has 1 N–H and O–H groups in total. The van der Waals surface area contributed by atoms with Crippen LogP contribution >= 0.6 is 39.9 Å². The highest BCUT2D eigenvalue weighted by Gasteiger charge is 2.08. The van der Waals surface area contributed by atoms with Crippen LogP contribution in [0.3, 0.4) is 0 Å². The first-order valence-electron chi connectivity index (χ1n) is 7.68. The Labute approximate surface area is 168 Å². The van der Waals surface area contributed by atoms with E-state index in [-0.39, 0.29) is 24.0 Å². The minimum Gasteiger partial charge on any atom is -0.356 e. The van der Waals surface area contributed by atoms with Crippen LogP contribution < -0.4 is 5.32 Å². The zero-order chi connectivity index (χ0) is 16.5. The maximum Gasteiger partial charge on any atom is 0.193 e. The zero-order valence-corrected chi connectivity index (χ0v) is 17.9. The van der Waals surface area contributed by atoms with Crippen molar-refractivity contribution < 1.29 is 0 Å². The summed E-state index contributed by atoms with van der Waals surface area (Å²) in [6.07, 6.45) is 5.64. The topological polar surface area (TPSA) is 58.3 Å². The normalized spacial score (nSPS) is 11.0. The lowest BCUT2D eigenvalue weighted by Gasteiger charge is -2.22. The predicted molar refractivity (Wildman–Crippen MR) is 112 cm³/mol. The largest absolute Gasteiger partial charge is 0.356 e. The van der Waals surface area contributed by atoms with Crippen LogP contribution in [0.2, 0.25) is 0 Å². The van der Waals surface area contributed by atoms with E-state index < -0.39 is 0 Å². The first-order valence-corrected chi connectivity index (χ1v) is 8.47. The predicted octanol–water partition coefficient (Wildman–Crippen LogP) is 3.15. The third kappa shape index (κ3) is 6.76. The van der Waals surface area contributed by atoms with E-state index >= 15 is 0 Å². The molecule has 0 saturated heterocycles. The van der Waals surface area contributed by atoms with E-state index in [0.717, 1.165) is 42.9 Å². The smallest absolute Gasteiger partial charge is 0.193 e. The number of halogens is 2. The van der Waals surface area contributed by atoms with Crippen molar-refractivity contribution in [3.8, 4) is 0 Å². The number of nitrogens with one attached hydrogen (secondary N) is 1. The Bertz CT molecular complexity index is 617. The van der Waals surface area contributed by atoms with Crippen molar-refractivity contribution in [3.63, 3.8) is 0 Å². The molecule has 1 aromatic carbocycles. The van der Waals surface area contributed by atoms with Gasteiger partial charge in [-0.1, -0.05) is 34.1 Å². The second kappa shape index (κ2) is 11.4. The monoisotopic (exact) mass is 506 g/mol. The summed E-state index contributed by atoms with van der Waals surface area (Å²) in [6, 6.07) is 8.25. The molecule has 0 amide bonds. The molecule has 0 saturated carbocycles. The lowest BCUT2D eigenvalue weighted by Crippen LogP contribution is -2.39. The number of aromatic nitrogens is 3. The molecule has 2 aromatic rings. The highest BCUT2D eigenvalue weighted by Crippen LogP contribution is 2.17. The van der Waals surface area contributed by atoms with Gasteiger partial charge in [-0.2, -0.15) is 0 Å². The number of nitrogens with zero attached hydrogens (tertiary/aromatic N) is 5. The third-order valence-electron chi connectivity index (χ3n) is 3.53. The number of hydrogen-bond acceptors (Lipinski definition) is 3. The lowest BCUT2D eigenvalue weighted by molar-refractivity contribution is 0.472. The maximum atomic E-state index is 4.35. The summed E-state index contributed by atoms with van der Waals surface area (Å²) in [7, 11) is 3.86. The molecule has 0 spiro atoms. The SMILES string of the molecule is CN=C(NCCCCn1cnnc1)N(C)Cc1ccccc1Br.I. The van der Waals surface area contributed by atoms with Gasteiger partial charge in [0, 0.05) is 38.2 Å². The van der Waals surface area contributed by atoms with Crippen molar-refractivity contribution in [3.05, 3.63) is 47.0 Å². The molecule has 0 fully saturated rings. The second-order valence-electron chi connectivity index (χ2n) is 5.33. The Morgan fingerprint density at radius 2 is 1.96 bits per heavy atom. The molecular weight excluding hydrogens is 483 g/mol. The van der Waals surface area contributed by atoms with Gasteiger partial charge < -0.3 is 14.8 Å². The molecular formula is C16H24BrIN6. The van der Waals surface area contributed by atoms with E-state index in [0.29, 0.717) is 0 Å². The van der Waals surface area contributed by atoms with E-state index in [9.17, 15) is 0 Å². The van der Waals surface area contributed by atoms with Gasteiger partial charge in [0.25, 0.3) is 0 Å². The van der Waals surface area contributed by atoms with Gasteiger partial charge in [0.2, 0.25) is 0 Å². The fourth-order valence-electron chi connectivity index (χ4n) is 2.30. The molecule has 0 aliphatic rings. The fraction of sp³-hybridized carbons (Fsp3) is 0.438. The molecule has 0 radical (unpaired) electrons. The first-order chi connectivity index (χ1) is 11.2. The number of unbranched alkanes of at least 4 members (excludes halogenated alkanes) is 1. The summed E-state index contributed by atoms with van der Waals surface area (Å²) in [5, 5.41) is 11.0. The summed E-state index contributed by atoms with van der Waals surface area (Å²) in [4.78, 5) is 6.48. The Balaban J connectivity index is 0.00000288. The maximum absolute atomic E-state index is 4.35. The van der Waals surface area contributed by atoms with E-state index in [1.165, 1.54) is 5.56 Å². The van der Waals surface area contributed by atoms with Crippen molar-refractivity contribution in [2.75, 3.05) is 20.6 Å². The van der Waals surface area contributed by atoms with Gasteiger partial charge in [-0.3, -0.25) is 4.99 Å². The Kier molecular flexibility index (Phi) is 9.92. The van der Waals surface area contributed by atoms with Crippen LogP contribution in [0.1, 0.15) is 18.4 Å². The second-order valence-corrected chi connectivity index (χ2v) is 6.18. The highest BCUT2D eigenvalue weighted by molar-refractivity contribution is 14.0. The third-order valence-corrected chi connectivity index (χ3v) is 4.31. The molecule has 1 heterocycles. The lowest BCUT2D eigenvalue weighted by atomic mass is 10.2. The number of aliphatic imine (C=N–C) groups is 1. The Morgan fingerprint density at radius 3 is 2.62 bits per heavy atom. The van der Waals surface area contributed by atoms with E-state index in [2.05, 4.69) is 59.5 Å². The van der Waals surface area contributed by atoms with Crippen molar-refractivity contribution in [2.45, 2.75) is 25.9 Å². The fourth-order valence-corrected chi connectivity index (χ4v) is 2.71. The summed E-state index contributed by atoms with van der Waals surface area (Å²) >= 11 is 3.59. The van der Waals surface area contributed by atoms with Crippen molar-refractivity contribution >= 4 is 45.9 Å². The number of hydrogen-bond donors (Lipinski definition) is 1. The van der Waals surface area contributed by atoms with Crippen LogP contribution in [0, 0.1) is 0 Å². The average molecular weight is 507 g/mol. The standard InChI is InChI=1S/C16H23BrN6.HI/c1-18-16(19-9-5-6-10-23-12-20-21-13-23)22(2)11-14-7-3-4-8-15(14)17;/h3-4,7-8,12-13H,5-6,9-11H2,1-2H3,(H,18,19);1H. The summed E-state index contributed by atoms with van der Waals surface area (Å²) in [6.45, 7) is 2.65. The van der Waals surface area contributed by atoms with Crippen LogP contribution in [-0.2, 0) is 13.1 Å². The van der Waals surface area contributed by atoms with Gasteiger partial charge in [0.1, 0.15) is 12.7 Å². The van der Waals surface area contributed by atoms with Crippen LogP contribution in [-0.4, -0.2) is 46.3 Å². The Morgan fingerprint density at radius 1 is 1.25 bits per heavy atom. The van der Waals surface area contributed by atoms with Gasteiger partial charge in [0.05, 0.1) is 0 Å². The summed E-state index contributed by atoms with van der Waals surface area (Å²) in [5.41, 5.74) is 1.24. The van der Waals surface area contributed by atoms with Crippen LogP contribution in [0.25, 0.3) is 0 Å². The number of rotatable bonds is 7. The number of aryl methyl sites for hydroxylation is 1. The molecule has 0 aliphatic carbocycles. The van der Waals surface area contributed by atoms with Gasteiger partial charge in [-0.05, 0) is 24.5 Å². The number of guanidine groups is 1. The van der Waals surface area contributed by atoms with Gasteiger partial charge in [0.15, 0.2) is 5.96 Å². The summed E-state index contributed by atoms with van der Waals surface area (Å²) < 4.78 is 3.12. The molecule has 0 bridgehead atoms. The highest BCUT2D eigenvalue weighted by atomic mass is 127. The van der Waals surface area contributed by atoms with Crippen molar-refractivity contribution in [2.24, 2.45) is 4.99 Å². The minimum absolute atomic E-state index is 0. The van der Waals surface area contributed by atoms with Crippen LogP contribution in [0.5, 0.6) is 0 Å². The van der Waals surface area contributed by atoms with Gasteiger partial charge >= 0.3 is 0 Å². The van der Waals surface area contributed by atoms with E-state index in [1.54, 1.807) is 12.7 Å². The summed E-state index contributed by atoms with van der Waals surface area (Å²) in [5.74, 6) is 0.907. The quantitative estimate of drug-likeness (QED) is 0.271. The molecule has 132 valence electrons. The van der Waals surface area contributed by atoms with Crippen LogP contribution in [0.4, 0.5) is 0 Å². The molecule has 0 aliphatic heterocycles. The average Bonchev–Trinajstić information content (AvgIpc) is 3.06. The molecule has 6 nitrogen and oxygen atoms in total. The van der Waals surface area contributed by atoms with Crippen molar-refractivity contribution in [1.82, 2.24) is 25.0 Å². The van der Waals surface area contributed by atoms with E-state index in [4.69, 9.17) is 0 Å². The number of benzene rings is 1. The molecule has 1 aromatic heterocycles. The molecule has 2 rings (SSSR count).